The molecule has 7 heteroatoms. The highest BCUT2D eigenvalue weighted by molar-refractivity contribution is 7.11. The molecule has 0 fully saturated rings. The van der Waals surface area contributed by atoms with Crippen LogP contribution < -0.4 is 5.32 Å². The number of nitro groups is 1. The number of aromatic nitrogens is 2. The van der Waals surface area contributed by atoms with Crippen molar-refractivity contribution >= 4 is 22.8 Å². The number of nitrogens with zero attached hydrogens (tertiary/aromatic N) is 3. The predicted molar refractivity (Wildman–Crippen MR) is 86.6 cm³/mol. The number of anilines is 1. The molecular formula is C15H18N4O2S. The molecule has 2 aromatic rings. The van der Waals surface area contributed by atoms with E-state index in [-0.39, 0.29) is 5.69 Å². The van der Waals surface area contributed by atoms with Gasteiger partial charge in [0.15, 0.2) is 0 Å². The molecule has 1 aliphatic rings. The zero-order valence-electron chi connectivity index (χ0n) is 12.5. The quantitative estimate of drug-likeness (QED) is 0.676. The Morgan fingerprint density at radius 2 is 2.14 bits per heavy atom. The first-order valence-electron chi connectivity index (χ1n) is 7.47. The minimum atomic E-state index is -0.411. The Labute approximate surface area is 132 Å². The molecule has 3 rings (SSSR count). The number of thiazole rings is 1. The van der Waals surface area contributed by atoms with Gasteiger partial charge in [0.1, 0.15) is 11.5 Å². The number of hydrogen-bond donors (Lipinski definition) is 1. The molecule has 0 saturated carbocycles. The second-order valence-corrected chi connectivity index (χ2v) is 6.59. The maximum atomic E-state index is 10.8. The monoisotopic (exact) mass is 318 g/mol. The lowest BCUT2D eigenvalue weighted by atomic mass is 10.0. The Kier molecular flexibility index (Phi) is 4.33. The first kappa shape index (κ1) is 14.9. The fourth-order valence-corrected chi connectivity index (χ4v) is 3.81. The Hall–Kier alpha value is -2.02. The van der Waals surface area contributed by atoms with Crippen LogP contribution in [0.25, 0.3) is 0 Å². The van der Waals surface area contributed by atoms with Gasteiger partial charge in [-0.25, -0.2) is 9.97 Å². The summed E-state index contributed by atoms with van der Waals surface area (Å²) in [5.41, 5.74) is 1.77. The molecular weight excluding hydrogens is 300 g/mol. The SMILES string of the molecule is Cc1nc(NCCc2nc3c(s2)CCCC3)ccc1[N+](=O)[O-]. The summed E-state index contributed by atoms with van der Waals surface area (Å²) < 4.78 is 0. The van der Waals surface area contributed by atoms with Crippen LogP contribution in [0.15, 0.2) is 12.1 Å². The molecule has 2 heterocycles. The molecule has 0 aliphatic heterocycles. The molecule has 1 N–H and O–H groups in total. The second kappa shape index (κ2) is 6.39. The first-order valence-corrected chi connectivity index (χ1v) is 8.28. The van der Waals surface area contributed by atoms with Crippen LogP contribution in [0, 0.1) is 17.0 Å². The smallest absolute Gasteiger partial charge is 0.290 e. The molecule has 22 heavy (non-hydrogen) atoms. The molecule has 6 nitrogen and oxygen atoms in total. The van der Waals surface area contributed by atoms with E-state index in [0.29, 0.717) is 11.5 Å². The molecule has 2 aromatic heterocycles. The van der Waals surface area contributed by atoms with Crippen molar-refractivity contribution in [1.29, 1.82) is 0 Å². The minimum Gasteiger partial charge on any atom is -0.370 e. The Morgan fingerprint density at radius 1 is 1.32 bits per heavy atom. The van der Waals surface area contributed by atoms with Crippen LogP contribution in [0.2, 0.25) is 0 Å². The summed E-state index contributed by atoms with van der Waals surface area (Å²) >= 11 is 1.82. The third-order valence-electron chi connectivity index (χ3n) is 3.79. The van der Waals surface area contributed by atoms with E-state index >= 15 is 0 Å². The Bertz CT molecular complexity index is 675. The van der Waals surface area contributed by atoms with E-state index in [1.165, 1.54) is 35.9 Å². The predicted octanol–water partition coefficient (Wildman–Crippen LogP) is 3.29. The number of pyridine rings is 1. The first-order chi connectivity index (χ1) is 10.6. The summed E-state index contributed by atoms with van der Waals surface area (Å²) in [6.45, 7) is 2.38. The highest BCUT2D eigenvalue weighted by atomic mass is 32.1. The number of nitrogens with one attached hydrogen (secondary N) is 1. The summed E-state index contributed by atoms with van der Waals surface area (Å²) in [6, 6.07) is 3.14. The lowest BCUT2D eigenvalue weighted by molar-refractivity contribution is -0.385. The van der Waals surface area contributed by atoms with Gasteiger partial charge in [0, 0.05) is 23.9 Å². The second-order valence-electron chi connectivity index (χ2n) is 5.42. The third-order valence-corrected chi connectivity index (χ3v) is 5.01. The molecule has 0 bridgehead atoms. The van der Waals surface area contributed by atoms with E-state index in [0.717, 1.165) is 24.4 Å². The van der Waals surface area contributed by atoms with E-state index in [1.54, 1.807) is 13.0 Å². The van der Waals surface area contributed by atoms with Gasteiger partial charge < -0.3 is 5.32 Å². The molecule has 116 valence electrons. The van der Waals surface area contributed by atoms with E-state index in [1.807, 2.05) is 11.3 Å². The van der Waals surface area contributed by atoms with E-state index in [9.17, 15) is 10.1 Å². The van der Waals surface area contributed by atoms with Crippen LogP contribution in [0.1, 0.15) is 34.1 Å². The molecule has 0 atom stereocenters. The number of hydrogen-bond acceptors (Lipinski definition) is 6. The zero-order chi connectivity index (χ0) is 15.5. The molecule has 0 unspecified atom stereocenters. The topological polar surface area (TPSA) is 81.0 Å². The van der Waals surface area contributed by atoms with Crippen LogP contribution in [0.5, 0.6) is 0 Å². The highest BCUT2D eigenvalue weighted by Gasteiger charge is 2.15. The van der Waals surface area contributed by atoms with Crippen molar-refractivity contribution in [2.45, 2.75) is 39.0 Å². The van der Waals surface area contributed by atoms with Crippen molar-refractivity contribution in [3.05, 3.63) is 43.5 Å². The fraction of sp³-hybridized carbons (Fsp3) is 0.467. The van der Waals surface area contributed by atoms with E-state index in [2.05, 4.69) is 10.3 Å². The summed E-state index contributed by atoms with van der Waals surface area (Å²) in [6.07, 6.45) is 5.67. The van der Waals surface area contributed by atoms with Crippen molar-refractivity contribution in [3.8, 4) is 0 Å². The third kappa shape index (κ3) is 3.24. The summed E-state index contributed by atoms with van der Waals surface area (Å²) in [4.78, 5) is 20.7. The van der Waals surface area contributed by atoms with E-state index < -0.39 is 4.92 Å². The van der Waals surface area contributed by atoms with Crippen molar-refractivity contribution in [2.75, 3.05) is 11.9 Å². The average molecular weight is 318 g/mol. The van der Waals surface area contributed by atoms with Gasteiger partial charge in [-0.05, 0) is 38.7 Å². The number of fused-ring (bicyclic) bond motifs is 1. The molecule has 0 spiro atoms. The maximum Gasteiger partial charge on any atom is 0.290 e. The molecule has 0 saturated heterocycles. The van der Waals surface area contributed by atoms with Gasteiger partial charge in [-0.1, -0.05) is 0 Å². The molecule has 0 amide bonds. The zero-order valence-corrected chi connectivity index (χ0v) is 13.3. The van der Waals surface area contributed by atoms with Gasteiger partial charge in [0.05, 0.1) is 15.6 Å². The average Bonchev–Trinajstić information content (AvgIpc) is 2.89. The van der Waals surface area contributed by atoms with Crippen molar-refractivity contribution < 1.29 is 4.92 Å². The van der Waals surface area contributed by atoms with Crippen molar-refractivity contribution in [1.82, 2.24) is 9.97 Å². The van der Waals surface area contributed by atoms with Crippen LogP contribution in [0.3, 0.4) is 0 Å². The van der Waals surface area contributed by atoms with Gasteiger partial charge >= 0.3 is 0 Å². The lowest BCUT2D eigenvalue weighted by Crippen LogP contribution is -2.07. The lowest BCUT2D eigenvalue weighted by Gasteiger charge is -2.06. The molecule has 0 aromatic carbocycles. The standard InChI is InChI=1S/C15H18N4O2S/c1-10-12(19(20)21)6-7-14(17-10)16-9-8-15-18-11-4-2-3-5-13(11)22-15/h6-7H,2-5,8-9H2,1H3,(H,16,17). The van der Waals surface area contributed by atoms with Crippen LogP contribution >= 0.6 is 11.3 Å². The fourth-order valence-electron chi connectivity index (χ4n) is 2.66. The van der Waals surface area contributed by atoms with Gasteiger partial charge in [-0.15, -0.1) is 11.3 Å². The normalized spacial score (nSPS) is 13.7. The van der Waals surface area contributed by atoms with E-state index in [4.69, 9.17) is 4.98 Å². The Morgan fingerprint density at radius 3 is 2.86 bits per heavy atom. The van der Waals surface area contributed by atoms with Crippen LogP contribution in [-0.4, -0.2) is 21.4 Å². The van der Waals surface area contributed by atoms with Crippen LogP contribution in [0.4, 0.5) is 11.5 Å². The van der Waals surface area contributed by atoms with Gasteiger partial charge in [0.25, 0.3) is 5.69 Å². The summed E-state index contributed by atoms with van der Waals surface area (Å²) in [5, 5.41) is 15.1. The van der Waals surface area contributed by atoms with Crippen molar-refractivity contribution in [3.63, 3.8) is 0 Å². The van der Waals surface area contributed by atoms with Gasteiger partial charge in [-0.2, -0.15) is 0 Å². The Balaban J connectivity index is 1.58. The number of aryl methyl sites for hydroxylation is 3. The maximum absolute atomic E-state index is 10.8. The number of rotatable bonds is 5. The minimum absolute atomic E-state index is 0.0538. The molecule has 1 aliphatic carbocycles. The largest absolute Gasteiger partial charge is 0.370 e. The summed E-state index contributed by atoms with van der Waals surface area (Å²) in [7, 11) is 0. The summed E-state index contributed by atoms with van der Waals surface area (Å²) in [5.74, 6) is 0.671. The van der Waals surface area contributed by atoms with Crippen molar-refractivity contribution in [2.24, 2.45) is 0 Å². The van der Waals surface area contributed by atoms with Gasteiger partial charge in [0.2, 0.25) is 0 Å². The molecule has 0 radical (unpaired) electrons. The van der Waals surface area contributed by atoms with Crippen LogP contribution in [-0.2, 0) is 19.3 Å². The van der Waals surface area contributed by atoms with Gasteiger partial charge in [-0.3, -0.25) is 10.1 Å². The highest BCUT2D eigenvalue weighted by Crippen LogP contribution is 2.27.